The Morgan fingerprint density at radius 1 is 1.20 bits per heavy atom. The molecule has 4 amide bonds. The van der Waals surface area contributed by atoms with Gasteiger partial charge < -0.3 is 20.5 Å². The molecule has 0 aliphatic carbocycles. The SMILES string of the molecule is CC(C)(C)OC(=O)NC(CNC(=O)CCN1C(=O)C=CC1=O)C(=O)O. The highest BCUT2D eigenvalue weighted by Gasteiger charge is 2.26. The van der Waals surface area contributed by atoms with Gasteiger partial charge in [0, 0.05) is 31.7 Å². The van der Waals surface area contributed by atoms with Crippen molar-refractivity contribution >= 4 is 29.8 Å². The number of nitrogens with zero attached hydrogens (tertiary/aromatic N) is 1. The van der Waals surface area contributed by atoms with Gasteiger partial charge in [0.05, 0.1) is 0 Å². The Morgan fingerprint density at radius 2 is 1.76 bits per heavy atom. The van der Waals surface area contributed by atoms with Crippen LogP contribution < -0.4 is 10.6 Å². The van der Waals surface area contributed by atoms with Crippen LogP contribution in [0.4, 0.5) is 4.79 Å². The van der Waals surface area contributed by atoms with E-state index in [1.165, 1.54) is 0 Å². The van der Waals surface area contributed by atoms with Crippen molar-refractivity contribution in [3.05, 3.63) is 12.2 Å². The van der Waals surface area contributed by atoms with Gasteiger partial charge >= 0.3 is 12.1 Å². The molecule has 138 valence electrons. The third-order valence-corrected chi connectivity index (χ3v) is 2.96. The summed E-state index contributed by atoms with van der Waals surface area (Å²) in [4.78, 5) is 58.0. The van der Waals surface area contributed by atoms with E-state index in [4.69, 9.17) is 9.84 Å². The van der Waals surface area contributed by atoms with Crippen LogP contribution in [0.25, 0.3) is 0 Å². The van der Waals surface area contributed by atoms with Crippen molar-refractivity contribution in [1.82, 2.24) is 15.5 Å². The second-order valence-electron chi connectivity index (χ2n) is 6.25. The van der Waals surface area contributed by atoms with Crippen molar-refractivity contribution < 1.29 is 33.8 Å². The summed E-state index contributed by atoms with van der Waals surface area (Å²) in [7, 11) is 0. The molecule has 0 aromatic rings. The fourth-order valence-corrected chi connectivity index (χ4v) is 1.82. The van der Waals surface area contributed by atoms with Gasteiger partial charge in [-0.2, -0.15) is 0 Å². The number of rotatable bonds is 7. The van der Waals surface area contributed by atoms with Crippen molar-refractivity contribution in [2.75, 3.05) is 13.1 Å². The summed E-state index contributed by atoms with van der Waals surface area (Å²) in [5.41, 5.74) is -0.792. The van der Waals surface area contributed by atoms with E-state index >= 15 is 0 Å². The van der Waals surface area contributed by atoms with Crippen LogP contribution in [0.2, 0.25) is 0 Å². The Hall–Kier alpha value is -2.91. The number of carbonyl (C=O) groups is 5. The Labute approximate surface area is 144 Å². The van der Waals surface area contributed by atoms with E-state index in [0.29, 0.717) is 0 Å². The molecule has 0 saturated carbocycles. The van der Waals surface area contributed by atoms with Gasteiger partial charge in [-0.05, 0) is 20.8 Å². The summed E-state index contributed by atoms with van der Waals surface area (Å²) in [6.45, 7) is 4.39. The molecular formula is C15H21N3O7. The number of alkyl carbamates (subject to hydrolysis) is 1. The summed E-state index contributed by atoms with van der Waals surface area (Å²) in [6.07, 6.45) is 1.10. The highest BCUT2D eigenvalue weighted by Crippen LogP contribution is 2.07. The third-order valence-electron chi connectivity index (χ3n) is 2.96. The summed E-state index contributed by atoms with van der Waals surface area (Å²) >= 11 is 0. The second kappa shape index (κ2) is 8.27. The highest BCUT2D eigenvalue weighted by molar-refractivity contribution is 6.13. The zero-order chi connectivity index (χ0) is 19.2. The quantitative estimate of drug-likeness (QED) is 0.517. The number of hydrogen-bond donors (Lipinski definition) is 3. The maximum absolute atomic E-state index is 11.7. The highest BCUT2D eigenvalue weighted by atomic mass is 16.6. The normalized spacial score (nSPS) is 15.1. The smallest absolute Gasteiger partial charge is 0.408 e. The maximum Gasteiger partial charge on any atom is 0.408 e. The zero-order valence-electron chi connectivity index (χ0n) is 14.2. The first kappa shape index (κ1) is 20.1. The molecule has 1 unspecified atom stereocenters. The number of carboxylic acid groups (broad SMARTS) is 1. The van der Waals surface area contributed by atoms with Crippen LogP contribution in [-0.2, 0) is 23.9 Å². The minimum atomic E-state index is -1.38. The Morgan fingerprint density at radius 3 is 2.24 bits per heavy atom. The second-order valence-corrected chi connectivity index (χ2v) is 6.25. The van der Waals surface area contributed by atoms with Crippen molar-refractivity contribution in [2.24, 2.45) is 0 Å². The van der Waals surface area contributed by atoms with Crippen LogP contribution in [0, 0.1) is 0 Å². The predicted molar refractivity (Wildman–Crippen MR) is 84.3 cm³/mol. The molecule has 0 saturated heterocycles. The lowest BCUT2D eigenvalue weighted by Crippen LogP contribution is -2.50. The predicted octanol–water partition coefficient (Wildman–Crippen LogP) is -0.604. The van der Waals surface area contributed by atoms with E-state index in [0.717, 1.165) is 17.1 Å². The first-order valence-electron chi connectivity index (χ1n) is 7.52. The van der Waals surface area contributed by atoms with E-state index < -0.39 is 41.4 Å². The number of imide groups is 1. The summed E-state index contributed by atoms with van der Waals surface area (Å²) < 4.78 is 4.95. The number of carboxylic acids is 1. The molecule has 0 radical (unpaired) electrons. The molecule has 25 heavy (non-hydrogen) atoms. The van der Waals surface area contributed by atoms with Crippen molar-refractivity contribution in [2.45, 2.75) is 38.8 Å². The minimum Gasteiger partial charge on any atom is -0.480 e. The summed E-state index contributed by atoms with van der Waals surface area (Å²) in [5.74, 6) is -2.93. The van der Waals surface area contributed by atoms with Gasteiger partial charge in [-0.1, -0.05) is 0 Å². The zero-order valence-corrected chi connectivity index (χ0v) is 14.2. The lowest BCUT2D eigenvalue weighted by molar-refractivity contribution is -0.139. The first-order valence-corrected chi connectivity index (χ1v) is 7.52. The van der Waals surface area contributed by atoms with E-state index in [1.807, 2.05) is 0 Å². The van der Waals surface area contributed by atoms with Crippen molar-refractivity contribution in [1.29, 1.82) is 0 Å². The van der Waals surface area contributed by atoms with Gasteiger partial charge in [-0.25, -0.2) is 9.59 Å². The fraction of sp³-hybridized carbons (Fsp3) is 0.533. The number of nitrogens with one attached hydrogen (secondary N) is 2. The van der Waals surface area contributed by atoms with Gasteiger partial charge in [-0.3, -0.25) is 19.3 Å². The summed E-state index contributed by atoms with van der Waals surface area (Å²) in [6, 6.07) is -1.38. The molecule has 1 aliphatic heterocycles. The topological polar surface area (TPSA) is 142 Å². The maximum atomic E-state index is 11.7. The lowest BCUT2D eigenvalue weighted by atomic mass is 10.2. The van der Waals surface area contributed by atoms with E-state index in [-0.39, 0.29) is 19.5 Å². The molecule has 10 heteroatoms. The van der Waals surface area contributed by atoms with E-state index in [9.17, 15) is 24.0 Å². The van der Waals surface area contributed by atoms with Crippen LogP contribution >= 0.6 is 0 Å². The van der Waals surface area contributed by atoms with Crippen molar-refractivity contribution in [3.63, 3.8) is 0 Å². The van der Waals surface area contributed by atoms with Crippen LogP contribution in [0.5, 0.6) is 0 Å². The Kier molecular flexibility index (Phi) is 6.66. The Balaban J connectivity index is 2.42. The molecule has 0 aromatic carbocycles. The van der Waals surface area contributed by atoms with E-state index in [1.54, 1.807) is 20.8 Å². The van der Waals surface area contributed by atoms with Crippen LogP contribution in [-0.4, -0.2) is 64.5 Å². The van der Waals surface area contributed by atoms with Crippen LogP contribution in [0.3, 0.4) is 0 Å². The monoisotopic (exact) mass is 355 g/mol. The molecular weight excluding hydrogens is 334 g/mol. The molecule has 10 nitrogen and oxygen atoms in total. The standard InChI is InChI=1S/C15H21N3O7/c1-15(2,3)25-14(24)17-9(13(22)23)8-16-10(19)6-7-18-11(20)4-5-12(18)21/h4-5,9H,6-8H2,1-3H3,(H,16,19)(H,17,24)(H,22,23). The Bertz CT molecular complexity index is 589. The number of amides is 4. The number of carbonyl (C=O) groups excluding carboxylic acids is 4. The molecule has 0 fully saturated rings. The number of ether oxygens (including phenoxy) is 1. The minimum absolute atomic E-state index is 0.117. The average molecular weight is 355 g/mol. The third kappa shape index (κ3) is 7.02. The molecule has 1 rings (SSSR count). The van der Waals surface area contributed by atoms with Gasteiger partial charge in [0.25, 0.3) is 11.8 Å². The van der Waals surface area contributed by atoms with Crippen LogP contribution in [0.15, 0.2) is 12.2 Å². The molecule has 1 aliphatic rings. The van der Waals surface area contributed by atoms with Gasteiger partial charge in [0.15, 0.2) is 0 Å². The largest absolute Gasteiger partial charge is 0.480 e. The number of hydrogen-bond acceptors (Lipinski definition) is 6. The summed E-state index contributed by atoms with van der Waals surface area (Å²) in [5, 5.41) is 13.5. The van der Waals surface area contributed by atoms with Gasteiger partial charge in [0.2, 0.25) is 5.91 Å². The lowest BCUT2D eigenvalue weighted by Gasteiger charge is -2.22. The van der Waals surface area contributed by atoms with E-state index in [2.05, 4.69) is 10.6 Å². The molecule has 0 bridgehead atoms. The molecule has 3 N–H and O–H groups in total. The average Bonchev–Trinajstić information content (AvgIpc) is 2.78. The van der Waals surface area contributed by atoms with Gasteiger partial charge in [0.1, 0.15) is 11.6 Å². The molecule has 1 atom stereocenters. The van der Waals surface area contributed by atoms with Crippen molar-refractivity contribution in [3.8, 4) is 0 Å². The molecule has 0 aromatic heterocycles. The molecule has 1 heterocycles. The first-order chi connectivity index (χ1) is 11.5. The van der Waals surface area contributed by atoms with Crippen LogP contribution in [0.1, 0.15) is 27.2 Å². The van der Waals surface area contributed by atoms with Gasteiger partial charge in [-0.15, -0.1) is 0 Å². The molecule has 0 spiro atoms. The fourth-order valence-electron chi connectivity index (χ4n) is 1.82. The number of aliphatic carboxylic acids is 1.